The number of benzene rings is 1. The summed E-state index contributed by atoms with van der Waals surface area (Å²) >= 11 is 0. The molecule has 6 heteroatoms. The second-order valence-corrected chi connectivity index (χ2v) is 3.50. The van der Waals surface area contributed by atoms with Gasteiger partial charge in [-0.3, -0.25) is 10.1 Å². The molecule has 0 fully saturated rings. The predicted molar refractivity (Wildman–Crippen MR) is 63.3 cm³/mol. The fourth-order valence-corrected chi connectivity index (χ4v) is 1.37. The maximum Gasteiger partial charge on any atom is 0.331 e. The molecule has 0 aromatic heterocycles. The lowest BCUT2D eigenvalue weighted by molar-refractivity contribution is -0.384. The normalized spacial score (nSPS) is 11.2. The molecule has 1 aromatic carbocycles. The third-order valence-electron chi connectivity index (χ3n) is 2.21. The topological polar surface area (TPSA) is 69.4 Å². The summed E-state index contributed by atoms with van der Waals surface area (Å²) in [6.07, 6.45) is 1.10. The number of hydrogen-bond acceptors (Lipinski definition) is 4. The van der Waals surface area contributed by atoms with Gasteiger partial charge in [0.2, 0.25) is 0 Å². The zero-order chi connectivity index (χ0) is 13.7. The van der Waals surface area contributed by atoms with E-state index < -0.39 is 16.7 Å². The first-order chi connectivity index (χ1) is 8.45. The molecule has 96 valence electrons. The van der Waals surface area contributed by atoms with Crippen LogP contribution in [-0.4, -0.2) is 17.5 Å². The van der Waals surface area contributed by atoms with E-state index in [2.05, 4.69) is 4.74 Å². The molecule has 0 spiro atoms. The van der Waals surface area contributed by atoms with Gasteiger partial charge in [0, 0.05) is 23.8 Å². The second kappa shape index (κ2) is 5.90. The van der Waals surface area contributed by atoms with Crippen molar-refractivity contribution in [3.8, 4) is 0 Å². The Labute approximate surface area is 103 Å². The molecule has 18 heavy (non-hydrogen) atoms. The minimum absolute atomic E-state index is 0.0113. The fourth-order valence-electron chi connectivity index (χ4n) is 1.37. The van der Waals surface area contributed by atoms with Gasteiger partial charge < -0.3 is 4.74 Å². The SMILES string of the molecule is CCOC(=O)/C=C(\C)c1cc([N+](=O)[O-])ccc1F. The highest BCUT2D eigenvalue weighted by molar-refractivity contribution is 5.91. The summed E-state index contributed by atoms with van der Waals surface area (Å²) in [5.74, 6) is -1.24. The molecule has 0 aliphatic heterocycles. The minimum Gasteiger partial charge on any atom is -0.463 e. The Morgan fingerprint density at radius 2 is 2.22 bits per heavy atom. The highest BCUT2D eigenvalue weighted by atomic mass is 19.1. The van der Waals surface area contributed by atoms with Gasteiger partial charge in [-0.2, -0.15) is 0 Å². The van der Waals surface area contributed by atoms with Crippen LogP contribution >= 0.6 is 0 Å². The molecule has 0 unspecified atom stereocenters. The quantitative estimate of drug-likeness (QED) is 0.358. The zero-order valence-corrected chi connectivity index (χ0v) is 9.97. The van der Waals surface area contributed by atoms with E-state index in [1.165, 1.54) is 6.92 Å². The molecule has 0 aliphatic carbocycles. The summed E-state index contributed by atoms with van der Waals surface area (Å²) in [5, 5.41) is 10.6. The van der Waals surface area contributed by atoms with E-state index >= 15 is 0 Å². The molecular weight excluding hydrogens is 241 g/mol. The molecule has 0 saturated carbocycles. The molecule has 0 atom stereocenters. The Bertz CT molecular complexity index is 511. The van der Waals surface area contributed by atoms with Crippen LogP contribution < -0.4 is 0 Å². The van der Waals surface area contributed by atoms with Crippen molar-refractivity contribution >= 4 is 17.2 Å². The van der Waals surface area contributed by atoms with Crippen LogP contribution in [0.5, 0.6) is 0 Å². The highest BCUT2D eigenvalue weighted by Gasteiger charge is 2.12. The van der Waals surface area contributed by atoms with Gasteiger partial charge in [0.15, 0.2) is 0 Å². The van der Waals surface area contributed by atoms with Crippen molar-refractivity contribution in [3.05, 3.63) is 45.8 Å². The number of nitro groups is 1. The first-order valence-corrected chi connectivity index (χ1v) is 5.25. The van der Waals surface area contributed by atoms with E-state index in [-0.39, 0.29) is 23.4 Å². The largest absolute Gasteiger partial charge is 0.463 e. The lowest BCUT2D eigenvalue weighted by atomic mass is 10.1. The molecule has 0 bridgehead atoms. The average Bonchev–Trinajstić information content (AvgIpc) is 2.29. The van der Waals surface area contributed by atoms with Gasteiger partial charge in [0.1, 0.15) is 5.82 Å². The number of ether oxygens (including phenoxy) is 1. The van der Waals surface area contributed by atoms with Crippen LogP contribution in [0.15, 0.2) is 24.3 Å². The summed E-state index contributed by atoms with van der Waals surface area (Å²) in [5.41, 5.74) is 0.0508. The Kier molecular flexibility index (Phi) is 4.53. The van der Waals surface area contributed by atoms with Crippen LogP contribution in [0.2, 0.25) is 0 Å². The molecular formula is C12H12FNO4. The van der Waals surface area contributed by atoms with Crippen molar-refractivity contribution in [2.45, 2.75) is 13.8 Å². The van der Waals surface area contributed by atoms with Crippen molar-refractivity contribution in [1.29, 1.82) is 0 Å². The predicted octanol–water partition coefficient (Wildman–Crippen LogP) is 2.70. The van der Waals surface area contributed by atoms with Crippen molar-refractivity contribution in [1.82, 2.24) is 0 Å². The van der Waals surface area contributed by atoms with Crippen molar-refractivity contribution < 1.29 is 18.8 Å². The van der Waals surface area contributed by atoms with Crippen LogP contribution in [-0.2, 0) is 9.53 Å². The lowest BCUT2D eigenvalue weighted by Crippen LogP contribution is -2.01. The number of carbonyl (C=O) groups is 1. The second-order valence-electron chi connectivity index (χ2n) is 3.50. The van der Waals surface area contributed by atoms with E-state index in [9.17, 15) is 19.3 Å². The maximum atomic E-state index is 13.5. The van der Waals surface area contributed by atoms with E-state index in [1.807, 2.05) is 0 Å². The lowest BCUT2D eigenvalue weighted by Gasteiger charge is -2.03. The van der Waals surface area contributed by atoms with Crippen molar-refractivity contribution in [2.75, 3.05) is 6.61 Å². The summed E-state index contributed by atoms with van der Waals surface area (Å²) < 4.78 is 18.2. The van der Waals surface area contributed by atoms with Crippen LogP contribution in [0.3, 0.4) is 0 Å². The number of allylic oxidation sites excluding steroid dienone is 1. The van der Waals surface area contributed by atoms with Gasteiger partial charge in [-0.1, -0.05) is 0 Å². The Morgan fingerprint density at radius 3 is 2.78 bits per heavy atom. The fraction of sp³-hybridized carbons (Fsp3) is 0.250. The smallest absolute Gasteiger partial charge is 0.331 e. The summed E-state index contributed by atoms with van der Waals surface area (Å²) in [6.45, 7) is 3.34. The molecule has 0 radical (unpaired) electrons. The number of nitrogens with zero attached hydrogens (tertiary/aromatic N) is 1. The third kappa shape index (κ3) is 3.38. The molecule has 0 amide bonds. The summed E-state index contributed by atoms with van der Waals surface area (Å²) in [7, 11) is 0. The average molecular weight is 253 g/mol. The summed E-state index contributed by atoms with van der Waals surface area (Å²) in [6, 6.07) is 3.15. The third-order valence-corrected chi connectivity index (χ3v) is 2.21. The van der Waals surface area contributed by atoms with Crippen LogP contribution in [0.1, 0.15) is 19.4 Å². The molecule has 0 heterocycles. The molecule has 1 rings (SSSR count). The molecule has 1 aromatic rings. The van der Waals surface area contributed by atoms with E-state index in [4.69, 9.17) is 0 Å². The highest BCUT2D eigenvalue weighted by Crippen LogP contribution is 2.23. The molecule has 0 aliphatic rings. The van der Waals surface area contributed by atoms with Crippen LogP contribution in [0, 0.1) is 15.9 Å². The molecule has 0 N–H and O–H groups in total. The Balaban J connectivity index is 3.11. The van der Waals surface area contributed by atoms with Gasteiger partial charge in [0.25, 0.3) is 5.69 Å². The zero-order valence-electron chi connectivity index (χ0n) is 9.97. The van der Waals surface area contributed by atoms with E-state index in [1.54, 1.807) is 6.92 Å². The Hall–Kier alpha value is -2.24. The number of halogens is 1. The number of hydrogen-bond donors (Lipinski definition) is 0. The number of non-ortho nitro benzene ring substituents is 1. The van der Waals surface area contributed by atoms with Gasteiger partial charge in [-0.05, 0) is 25.5 Å². The van der Waals surface area contributed by atoms with Crippen LogP contribution in [0.4, 0.5) is 10.1 Å². The number of rotatable bonds is 4. The van der Waals surface area contributed by atoms with Gasteiger partial charge >= 0.3 is 5.97 Å². The number of nitro benzene ring substituents is 1. The van der Waals surface area contributed by atoms with Gasteiger partial charge in [0.05, 0.1) is 11.5 Å². The molecule has 5 nitrogen and oxygen atoms in total. The van der Waals surface area contributed by atoms with Crippen LogP contribution in [0.25, 0.3) is 5.57 Å². The van der Waals surface area contributed by atoms with Gasteiger partial charge in [-0.15, -0.1) is 0 Å². The van der Waals surface area contributed by atoms with E-state index in [0.29, 0.717) is 0 Å². The number of carbonyl (C=O) groups excluding carboxylic acids is 1. The monoisotopic (exact) mass is 253 g/mol. The Morgan fingerprint density at radius 1 is 1.56 bits per heavy atom. The standard InChI is InChI=1S/C12H12FNO4/c1-3-18-12(15)6-8(2)10-7-9(14(16)17)4-5-11(10)13/h4-7H,3H2,1-2H3/b8-6+. The number of esters is 1. The molecule has 0 saturated heterocycles. The van der Waals surface area contributed by atoms with Gasteiger partial charge in [-0.25, -0.2) is 9.18 Å². The summed E-state index contributed by atoms with van der Waals surface area (Å²) in [4.78, 5) is 21.2. The first kappa shape index (κ1) is 13.8. The van der Waals surface area contributed by atoms with E-state index in [0.717, 1.165) is 24.3 Å². The van der Waals surface area contributed by atoms with Crippen molar-refractivity contribution in [2.24, 2.45) is 0 Å². The van der Waals surface area contributed by atoms with Crippen molar-refractivity contribution in [3.63, 3.8) is 0 Å². The maximum absolute atomic E-state index is 13.5. The first-order valence-electron chi connectivity index (χ1n) is 5.25. The minimum atomic E-state index is -0.626.